The van der Waals surface area contributed by atoms with Crippen LogP contribution in [0.5, 0.6) is 0 Å². The van der Waals surface area contributed by atoms with E-state index in [0.29, 0.717) is 25.3 Å². The van der Waals surface area contributed by atoms with Crippen molar-refractivity contribution in [2.45, 2.75) is 18.8 Å². The summed E-state index contributed by atoms with van der Waals surface area (Å²) in [5, 5.41) is 0.724. The summed E-state index contributed by atoms with van der Waals surface area (Å²) in [5.74, 6) is 1.03. The van der Waals surface area contributed by atoms with E-state index in [1.165, 1.54) is 0 Å². The van der Waals surface area contributed by atoms with Gasteiger partial charge in [-0.15, -0.1) is 0 Å². The molecule has 3 nitrogen and oxygen atoms in total. The lowest BCUT2D eigenvalue weighted by Gasteiger charge is -2.30. The van der Waals surface area contributed by atoms with Crippen LogP contribution in [0.4, 0.5) is 0 Å². The third kappa shape index (κ3) is 3.05. The summed E-state index contributed by atoms with van der Waals surface area (Å²) in [6.45, 7) is 0.508. The lowest BCUT2D eigenvalue weighted by atomic mass is 9.82. The first-order valence-corrected chi connectivity index (χ1v) is 8.38. The van der Waals surface area contributed by atoms with Gasteiger partial charge in [0, 0.05) is 10.9 Å². The average Bonchev–Trinajstić information content (AvgIpc) is 2.34. The van der Waals surface area contributed by atoms with E-state index in [1.54, 1.807) is 0 Å². The summed E-state index contributed by atoms with van der Waals surface area (Å²) in [6.07, 6.45) is 1.38. The Morgan fingerprint density at radius 2 is 1.89 bits per heavy atom. The molecule has 1 unspecified atom stereocenters. The SMILES string of the molecule is NCC(c1ccccc1Cl)C1CCS(=O)(=O)CC1. The molecule has 1 aliphatic rings. The highest BCUT2D eigenvalue weighted by molar-refractivity contribution is 7.91. The molecule has 0 aliphatic carbocycles. The first kappa shape index (κ1) is 13.8. The predicted octanol–water partition coefficient (Wildman–Crippen LogP) is 2.21. The summed E-state index contributed by atoms with van der Waals surface area (Å²) in [4.78, 5) is 0. The maximum Gasteiger partial charge on any atom is 0.150 e. The van der Waals surface area contributed by atoms with Crippen LogP contribution >= 0.6 is 11.6 Å². The Kier molecular flexibility index (Phi) is 4.30. The molecule has 2 rings (SSSR count). The molecule has 0 saturated carbocycles. The first-order chi connectivity index (χ1) is 8.53. The Balaban J connectivity index is 2.18. The molecule has 18 heavy (non-hydrogen) atoms. The third-order valence-electron chi connectivity index (χ3n) is 3.73. The molecule has 1 saturated heterocycles. The number of halogens is 1. The molecular weight excluding hydrogens is 270 g/mol. The average molecular weight is 288 g/mol. The van der Waals surface area contributed by atoms with Gasteiger partial charge in [-0.05, 0) is 36.9 Å². The summed E-state index contributed by atoms with van der Waals surface area (Å²) in [5.41, 5.74) is 6.91. The van der Waals surface area contributed by atoms with Crippen molar-refractivity contribution in [3.63, 3.8) is 0 Å². The fourth-order valence-electron chi connectivity index (χ4n) is 2.66. The highest BCUT2D eigenvalue weighted by atomic mass is 35.5. The van der Waals surface area contributed by atoms with Gasteiger partial charge in [0.05, 0.1) is 11.5 Å². The Hall–Kier alpha value is -0.580. The number of hydrogen-bond acceptors (Lipinski definition) is 3. The summed E-state index contributed by atoms with van der Waals surface area (Å²) in [6, 6.07) is 7.69. The van der Waals surface area contributed by atoms with Crippen LogP contribution in [0.2, 0.25) is 5.02 Å². The van der Waals surface area contributed by atoms with E-state index >= 15 is 0 Å². The molecule has 1 heterocycles. The molecule has 0 aromatic heterocycles. The standard InChI is InChI=1S/C13H18ClNO2S/c14-13-4-2-1-3-11(13)12(9-15)10-5-7-18(16,17)8-6-10/h1-4,10,12H,5-9,15H2. The molecule has 100 valence electrons. The van der Waals surface area contributed by atoms with Crippen molar-refractivity contribution < 1.29 is 8.42 Å². The number of nitrogens with two attached hydrogens (primary N) is 1. The minimum atomic E-state index is -2.82. The zero-order valence-electron chi connectivity index (χ0n) is 10.2. The van der Waals surface area contributed by atoms with Crippen LogP contribution in [-0.2, 0) is 9.84 Å². The molecule has 1 aromatic carbocycles. The first-order valence-electron chi connectivity index (χ1n) is 6.18. The Morgan fingerprint density at radius 3 is 2.44 bits per heavy atom. The zero-order chi connectivity index (χ0) is 13.2. The fourth-order valence-corrected chi connectivity index (χ4v) is 4.46. The van der Waals surface area contributed by atoms with E-state index in [2.05, 4.69) is 0 Å². The second-order valence-electron chi connectivity index (χ2n) is 4.85. The van der Waals surface area contributed by atoms with E-state index in [-0.39, 0.29) is 17.4 Å². The van der Waals surface area contributed by atoms with Gasteiger partial charge in [0.2, 0.25) is 0 Å². The molecule has 1 atom stereocenters. The third-order valence-corrected chi connectivity index (χ3v) is 5.79. The van der Waals surface area contributed by atoms with Gasteiger partial charge in [-0.2, -0.15) is 0 Å². The smallest absolute Gasteiger partial charge is 0.150 e. The zero-order valence-corrected chi connectivity index (χ0v) is 11.8. The van der Waals surface area contributed by atoms with Crippen molar-refractivity contribution in [2.24, 2.45) is 11.7 Å². The molecule has 1 fully saturated rings. The predicted molar refractivity (Wildman–Crippen MR) is 74.6 cm³/mol. The van der Waals surface area contributed by atoms with Gasteiger partial charge in [-0.3, -0.25) is 0 Å². The van der Waals surface area contributed by atoms with Crippen molar-refractivity contribution in [1.29, 1.82) is 0 Å². The maximum atomic E-state index is 11.5. The van der Waals surface area contributed by atoms with Crippen LogP contribution in [0.25, 0.3) is 0 Å². The van der Waals surface area contributed by atoms with Gasteiger partial charge in [-0.1, -0.05) is 29.8 Å². The number of benzene rings is 1. The van der Waals surface area contributed by atoms with Crippen LogP contribution < -0.4 is 5.73 Å². The molecule has 0 bridgehead atoms. The quantitative estimate of drug-likeness (QED) is 0.927. The van der Waals surface area contributed by atoms with Crippen LogP contribution in [0.1, 0.15) is 24.3 Å². The highest BCUT2D eigenvalue weighted by Gasteiger charge is 2.30. The fraction of sp³-hybridized carbons (Fsp3) is 0.538. The normalized spacial score (nSPS) is 21.7. The summed E-state index contributed by atoms with van der Waals surface area (Å²) >= 11 is 6.20. The molecule has 2 N–H and O–H groups in total. The minimum absolute atomic E-state index is 0.161. The lowest BCUT2D eigenvalue weighted by molar-refractivity contribution is 0.389. The number of sulfone groups is 1. The van der Waals surface area contributed by atoms with Crippen LogP contribution in [0.3, 0.4) is 0 Å². The largest absolute Gasteiger partial charge is 0.330 e. The van der Waals surface area contributed by atoms with Gasteiger partial charge < -0.3 is 5.73 Å². The Labute approximate surface area is 113 Å². The second kappa shape index (κ2) is 5.59. The second-order valence-corrected chi connectivity index (χ2v) is 7.56. The molecular formula is C13H18ClNO2S. The lowest BCUT2D eigenvalue weighted by Crippen LogP contribution is -2.30. The molecule has 5 heteroatoms. The van der Waals surface area contributed by atoms with Crippen LogP contribution in [-0.4, -0.2) is 26.5 Å². The van der Waals surface area contributed by atoms with E-state index < -0.39 is 9.84 Å². The van der Waals surface area contributed by atoms with Crippen LogP contribution in [0, 0.1) is 5.92 Å². The van der Waals surface area contributed by atoms with Crippen molar-refractivity contribution >= 4 is 21.4 Å². The van der Waals surface area contributed by atoms with Gasteiger partial charge in [0.25, 0.3) is 0 Å². The maximum absolute atomic E-state index is 11.5. The van der Waals surface area contributed by atoms with Crippen LogP contribution in [0.15, 0.2) is 24.3 Å². The molecule has 0 radical (unpaired) electrons. The summed E-state index contributed by atoms with van der Waals surface area (Å²) in [7, 11) is -2.82. The monoisotopic (exact) mass is 287 g/mol. The van der Waals surface area contributed by atoms with Gasteiger partial charge in [0.15, 0.2) is 0 Å². The van der Waals surface area contributed by atoms with Crippen molar-refractivity contribution in [2.75, 3.05) is 18.1 Å². The number of hydrogen-bond donors (Lipinski definition) is 1. The molecule has 1 aliphatic heterocycles. The topological polar surface area (TPSA) is 60.2 Å². The van der Waals surface area contributed by atoms with Gasteiger partial charge in [-0.25, -0.2) is 8.42 Å². The van der Waals surface area contributed by atoms with Crippen molar-refractivity contribution in [3.8, 4) is 0 Å². The highest BCUT2D eigenvalue weighted by Crippen LogP contribution is 2.35. The Morgan fingerprint density at radius 1 is 1.28 bits per heavy atom. The molecule has 1 aromatic rings. The van der Waals surface area contributed by atoms with E-state index in [9.17, 15) is 8.42 Å². The Bertz CT molecular complexity index is 501. The molecule has 0 spiro atoms. The van der Waals surface area contributed by atoms with Gasteiger partial charge >= 0.3 is 0 Å². The van der Waals surface area contributed by atoms with Crippen molar-refractivity contribution in [3.05, 3.63) is 34.9 Å². The van der Waals surface area contributed by atoms with E-state index in [0.717, 1.165) is 10.6 Å². The summed E-state index contributed by atoms with van der Waals surface area (Å²) < 4.78 is 22.9. The number of rotatable bonds is 3. The van der Waals surface area contributed by atoms with E-state index in [4.69, 9.17) is 17.3 Å². The van der Waals surface area contributed by atoms with E-state index in [1.807, 2.05) is 24.3 Å². The molecule has 0 amide bonds. The minimum Gasteiger partial charge on any atom is -0.330 e. The van der Waals surface area contributed by atoms with Crippen molar-refractivity contribution in [1.82, 2.24) is 0 Å². The van der Waals surface area contributed by atoms with Gasteiger partial charge in [0.1, 0.15) is 9.84 Å².